The molecule has 5 nitrogen and oxygen atoms in total. The monoisotopic (exact) mass is 323 g/mol. The maximum absolute atomic E-state index is 11.9. The molecular formula is C19H21N3O2. The van der Waals surface area contributed by atoms with Crippen molar-refractivity contribution in [2.75, 3.05) is 18.5 Å². The Morgan fingerprint density at radius 3 is 2.67 bits per heavy atom. The normalized spacial score (nSPS) is 10.9. The fourth-order valence-electron chi connectivity index (χ4n) is 2.76. The van der Waals surface area contributed by atoms with Crippen molar-refractivity contribution in [1.29, 1.82) is 0 Å². The number of aliphatic hydroxyl groups excluding tert-OH is 1. The number of nitrogens with one attached hydrogen (secondary N) is 2. The second-order valence-corrected chi connectivity index (χ2v) is 5.74. The zero-order valence-electron chi connectivity index (χ0n) is 13.5. The minimum atomic E-state index is -0.174. The Balaban J connectivity index is 1.84. The van der Waals surface area contributed by atoms with Gasteiger partial charge in [-0.2, -0.15) is 5.10 Å². The van der Waals surface area contributed by atoms with E-state index < -0.39 is 0 Å². The lowest BCUT2D eigenvalue weighted by Gasteiger charge is -2.09. The van der Waals surface area contributed by atoms with E-state index in [4.69, 9.17) is 5.11 Å². The molecule has 0 aliphatic rings. The average molecular weight is 323 g/mol. The van der Waals surface area contributed by atoms with Crippen LogP contribution in [0.5, 0.6) is 0 Å². The number of benzene rings is 2. The van der Waals surface area contributed by atoms with Crippen molar-refractivity contribution in [3.05, 3.63) is 58.9 Å². The molecule has 0 spiro atoms. The predicted molar refractivity (Wildman–Crippen MR) is 97.2 cm³/mol. The number of hydrogen-bond donors (Lipinski definition) is 3. The van der Waals surface area contributed by atoms with E-state index in [1.54, 1.807) is 0 Å². The van der Waals surface area contributed by atoms with Crippen LogP contribution in [0.4, 0.5) is 5.69 Å². The average Bonchev–Trinajstić information content (AvgIpc) is 2.62. The van der Waals surface area contributed by atoms with Gasteiger partial charge in [-0.3, -0.25) is 4.79 Å². The van der Waals surface area contributed by atoms with Gasteiger partial charge >= 0.3 is 0 Å². The molecule has 5 heteroatoms. The Morgan fingerprint density at radius 2 is 1.83 bits per heavy atom. The second kappa shape index (κ2) is 7.75. The van der Waals surface area contributed by atoms with Gasteiger partial charge in [0.25, 0.3) is 5.56 Å². The van der Waals surface area contributed by atoms with Crippen molar-refractivity contribution < 1.29 is 5.11 Å². The van der Waals surface area contributed by atoms with Gasteiger partial charge < -0.3 is 10.4 Å². The fraction of sp³-hybridized carbons (Fsp3) is 0.263. The topological polar surface area (TPSA) is 78.0 Å². The highest BCUT2D eigenvalue weighted by atomic mass is 16.2. The van der Waals surface area contributed by atoms with Crippen LogP contribution in [0.15, 0.2) is 53.3 Å². The maximum Gasteiger partial charge on any atom is 0.272 e. The molecule has 0 aliphatic carbocycles. The number of unbranched alkanes of at least 4 members (excludes halogenated alkanes) is 2. The van der Waals surface area contributed by atoms with Crippen LogP contribution in [0.2, 0.25) is 0 Å². The van der Waals surface area contributed by atoms with Gasteiger partial charge in [0, 0.05) is 29.8 Å². The zero-order chi connectivity index (χ0) is 16.8. The van der Waals surface area contributed by atoms with Gasteiger partial charge in [-0.25, -0.2) is 5.10 Å². The Morgan fingerprint density at radius 1 is 1.00 bits per heavy atom. The highest BCUT2D eigenvalue weighted by Crippen LogP contribution is 2.26. The van der Waals surface area contributed by atoms with Gasteiger partial charge in [0.1, 0.15) is 0 Å². The number of fused-ring (bicyclic) bond motifs is 1. The lowest BCUT2D eigenvalue weighted by molar-refractivity contribution is 0.283. The minimum Gasteiger partial charge on any atom is -0.396 e. The zero-order valence-corrected chi connectivity index (χ0v) is 13.5. The standard InChI is InChI=1S/C19H21N3O2/c23-12-5-1-4-11-20-15-8-6-7-14(13-15)18-16-9-2-3-10-17(16)19(24)22-21-18/h2-3,6-10,13,20,23H,1,4-5,11-12H2,(H,22,24). The number of anilines is 1. The summed E-state index contributed by atoms with van der Waals surface area (Å²) >= 11 is 0. The molecule has 2 aromatic carbocycles. The van der Waals surface area contributed by atoms with Crippen LogP contribution in [0, 0.1) is 0 Å². The lowest BCUT2D eigenvalue weighted by Crippen LogP contribution is -2.09. The molecule has 1 aromatic heterocycles. The first-order valence-corrected chi connectivity index (χ1v) is 8.22. The number of nitrogens with zero attached hydrogens (tertiary/aromatic N) is 1. The molecule has 124 valence electrons. The van der Waals surface area contributed by atoms with Crippen LogP contribution in [-0.2, 0) is 0 Å². The SMILES string of the molecule is O=c1[nH]nc(-c2cccc(NCCCCCO)c2)c2ccccc12. The number of aromatic nitrogens is 2. The first-order chi connectivity index (χ1) is 11.8. The van der Waals surface area contributed by atoms with Crippen molar-refractivity contribution in [2.24, 2.45) is 0 Å². The van der Waals surface area contributed by atoms with Gasteiger partial charge in [0.15, 0.2) is 0 Å². The van der Waals surface area contributed by atoms with Crippen molar-refractivity contribution in [3.8, 4) is 11.3 Å². The summed E-state index contributed by atoms with van der Waals surface area (Å²) in [7, 11) is 0. The minimum absolute atomic E-state index is 0.174. The Bertz CT molecular complexity index is 874. The van der Waals surface area contributed by atoms with Gasteiger partial charge in [-0.15, -0.1) is 0 Å². The summed E-state index contributed by atoms with van der Waals surface area (Å²) in [6.45, 7) is 1.11. The van der Waals surface area contributed by atoms with Crippen LogP contribution < -0.4 is 10.9 Å². The Hall–Kier alpha value is -2.66. The lowest BCUT2D eigenvalue weighted by atomic mass is 10.0. The highest BCUT2D eigenvalue weighted by molar-refractivity contribution is 5.94. The van der Waals surface area contributed by atoms with E-state index in [-0.39, 0.29) is 12.2 Å². The second-order valence-electron chi connectivity index (χ2n) is 5.74. The van der Waals surface area contributed by atoms with Crippen LogP contribution in [0.3, 0.4) is 0 Å². The molecule has 0 saturated heterocycles. The highest BCUT2D eigenvalue weighted by Gasteiger charge is 2.08. The van der Waals surface area contributed by atoms with Gasteiger partial charge in [0.05, 0.1) is 11.1 Å². The van der Waals surface area contributed by atoms with Gasteiger partial charge in [0.2, 0.25) is 0 Å². The number of H-pyrrole nitrogens is 1. The fourth-order valence-corrected chi connectivity index (χ4v) is 2.76. The van der Waals surface area contributed by atoms with Crippen LogP contribution in [0.25, 0.3) is 22.0 Å². The summed E-state index contributed by atoms with van der Waals surface area (Å²) in [6.07, 6.45) is 2.87. The number of hydrogen-bond acceptors (Lipinski definition) is 4. The van der Waals surface area contributed by atoms with Crippen molar-refractivity contribution in [1.82, 2.24) is 10.2 Å². The quantitative estimate of drug-likeness (QED) is 0.584. The summed E-state index contributed by atoms with van der Waals surface area (Å²) in [6, 6.07) is 15.5. The molecule has 1 heterocycles. The smallest absolute Gasteiger partial charge is 0.272 e. The summed E-state index contributed by atoms with van der Waals surface area (Å²) in [5.41, 5.74) is 2.58. The number of aromatic amines is 1. The molecule has 0 radical (unpaired) electrons. The van der Waals surface area contributed by atoms with Crippen molar-refractivity contribution in [3.63, 3.8) is 0 Å². The van der Waals surface area contributed by atoms with E-state index in [0.29, 0.717) is 5.39 Å². The third-order valence-electron chi connectivity index (χ3n) is 4.00. The summed E-state index contributed by atoms with van der Waals surface area (Å²) in [4.78, 5) is 11.9. The van der Waals surface area contributed by atoms with Crippen LogP contribution >= 0.6 is 0 Å². The first kappa shape index (κ1) is 16.2. The maximum atomic E-state index is 11.9. The van der Waals surface area contributed by atoms with E-state index in [1.165, 1.54) is 0 Å². The van der Waals surface area contributed by atoms with Crippen LogP contribution in [-0.4, -0.2) is 28.5 Å². The predicted octanol–water partition coefficient (Wildman–Crippen LogP) is 3.16. The van der Waals surface area contributed by atoms with E-state index in [9.17, 15) is 4.79 Å². The summed E-state index contributed by atoms with van der Waals surface area (Å²) < 4.78 is 0. The van der Waals surface area contributed by atoms with Gasteiger partial charge in [-0.1, -0.05) is 30.3 Å². The molecule has 0 unspecified atom stereocenters. The van der Waals surface area contributed by atoms with E-state index in [0.717, 1.165) is 48.1 Å². The molecule has 0 fully saturated rings. The third kappa shape index (κ3) is 3.63. The molecular weight excluding hydrogens is 302 g/mol. The van der Waals surface area contributed by atoms with Crippen LogP contribution in [0.1, 0.15) is 19.3 Å². The number of aliphatic hydroxyl groups is 1. The van der Waals surface area contributed by atoms with E-state index in [2.05, 4.69) is 15.5 Å². The Labute approximate surface area is 140 Å². The van der Waals surface area contributed by atoms with E-state index in [1.807, 2.05) is 48.5 Å². The largest absolute Gasteiger partial charge is 0.396 e. The molecule has 0 amide bonds. The van der Waals surface area contributed by atoms with Crippen molar-refractivity contribution >= 4 is 16.5 Å². The molecule has 0 saturated carbocycles. The first-order valence-electron chi connectivity index (χ1n) is 8.22. The molecule has 0 bridgehead atoms. The molecule has 0 atom stereocenters. The van der Waals surface area contributed by atoms with Crippen molar-refractivity contribution in [2.45, 2.75) is 19.3 Å². The van der Waals surface area contributed by atoms with Gasteiger partial charge in [-0.05, 0) is 37.5 Å². The van der Waals surface area contributed by atoms with E-state index >= 15 is 0 Å². The number of rotatable bonds is 7. The summed E-state index contributed by atoms with van der Waals surface area (Å²) in [5.74, 6) is 0. The molecule has 3 aromatic rings. The molecule has 24 heavy (non-hydrogen) atoms. The summed E-state index contributed by atoms with van der Waals surface area (Å²) in [5, 5.41) is 20.5. The molecule has 3 N–H and O–H groups in total. The molecule has 0 aliphatic heterocycles. The third-order valence-corrected chi connectivity index (χ3v) is 4.00. The Kier molecular flexibility index (Phi) is 5.23. The molecule has 3 rings (SSSR count).